The van der Waals surface area contributed by atoms with Crippen LogP contribution < -0.4 is 5.73 Å². The number of hydrogen-bond donors (Lipinski definition) is 1. The number of ether oxygens (including phenoxy) is 1. The lowest BCUT2D eigenvalue weighted by molar-refractivity contribution is 0.146. The second-order valence-corrected chi connectivity index (χ2v) is 9.11. The molecule has 1 rings (SSSR count). The summed E-state index contributed by atoms with van der Waals surface area (Å²) in [5.41, 5.74) is 6.30. The molecule has 0 spiro atoms. The fraction of sp³-hybridized carbons (Fsp3) is 1.00. The van der Waals surface area contributed by atoms with Crippen LogP contribution in [0.1, 0.15) is 52.9 Å². The number of hydrogen-bond acceptors (Lipinski definition) is 4. The van der Waals surface area contributed by atoms with E-state index in [9.17, 15) is 8.42 Å². The van der Waals surface area contributed by atoms with Gasteiger partial charge in [-0.25, -0.2) is 8.42 Å². The molecule has 0 aromatic carbocycles. The van der Waals surface area contributed by atoms with Crippen molar-refractivity contribution in [3.8, 4) is 0 Å². The Morgan fingerprint density at radius 3 is 2.50 bits per heavy atom. The topological polar surface area (TPSA) is 69.4 Å². The van der Waals surface area contributed by atoms with Crippen LogP contribution in [0, 0.1) is 11.3 Å². The van der Waals surface area contributed by atoms with Crippen molar-refractivity contribution in [3.63, 3.8) is 0 Å². The summed E-state index contributed by atoms with van der Waals surface area (Å²) in [7, 11) is -1.52. The van der Waals surface area contributed by atoms with Crippen LogP contribution in [0.15, 0.2) is 0 Å². The van der Waals surface area contributed by atoms with E-state index in [-0.39, 0.29) is 22.5 Å². The van der Waals surface area contributed by atoms with Crippen molar-refractivity contribution in [1.82, 2.24) is 0 Å². The molecule has 20 heavy (non-hydrogen) atoms. The zero-order valence-corrected chi connectivity index (χ0v) is 14.2. The van der Waals surface area contributed by atoms with E-state index >= 15 is 0 Å². The maximum Gasteiger partial charge on any atom is 0.154 e. The second-order valence-electron chi connectivity index (χ2n) is 6.77. The minimum absolute atomic E-state index is 0.193. The predicted octanol–water partition coefficient (Wildman–Crippen LogP) is 2.37. The van der Waals surface area contributed by atoms with Crippen LogP contribution >= 0.6 is 0 Å². The van der Waals surface area contributed by atoms with Gasteiger partial charge in [-0.05, 0) is 37.0 Å². The zero-order valence-electron chi connectivity index (χ0n) is 13.4. The minimum Gasteiger partial charge on any atom is -0.385 e. The molecule has 2 N–H and O–H groups in total. The highest BCUT2D eigenvalue weighted by Gasteiger charge is 2.41. The first-order chi connectivity index (χ1) is 9.24. The van der Waals surface area contributed by atoms with Crippen molar-refractivity contribution >= 4 is 9.84 Å². The van der Waals surface area contributed by atoms with Crippen LogP contribution in [0.4, 0.5) is 0 Å². The Kier molecular flexibility index (Phi) is 6.48. The molecule has 3 unspecified atom stereocenters. The molecular formula is C15H31NO3S. The Balaban J connectivity index is 2.76. The molecule has 0 heterocycles. The number of sulfone groups is 1. The molecular weight excluding hydrogens is 274 g/mol. The van der Waals surface area contributed by atoms with E-state index in [4.69, 9.17) is 10.5 Å². The first-order valence-electron chi connectivity index (χ1n) is 7.70. The number of rotatable bonds is 7. The molecule has 0 aromatic rings. The standard InChI is InChI=1S/C15H31NO3S/c1-5-15(2,3)12-7-8-13(16)14(11-12)20(17,18)10-6-9-19-4/h12-14H,5-11,16H2,1-4H3. The lowest BCUT2D eigenvalue weighted by Crippen LogP contribution is -2.48. The zero-order chi connectivity index (χ0) is 15.4. The Bertz CT molecular complexity index is 392. The first-order valence-corrected chi connectivity index (χ1v) is 9.42. The highest BCUT2D eigenvalue weighted by molar-refractivity contribution is 7.92. The van der Waals surface area contributed by atoms with Gasteiger partial charge >= 0.3 is 0 Å². The Morgan fingerprint density at radius 2 is 1.95 bits per heavy atom. The lowest BCUT2D eigenvalue weighted by atomic mass is 9.69. The summed E-state index contributed by atoms with van der Waals surface area (Å²) in [6.45, 7) is 7.15. The van der Waals surface area contributed by atoms with Gasteiger partial charge in [0.2, 0.25) is 0 Å². The monoisotopic (exact) mass is 305 g/mol. The van der Waals surface area contributed by atoms with Crippen molar-refractivity contribution in [2.24, 2.45) is 17.1 Å². The highest BCUT2D eigenvalue weighted by atomic mass is 32.2. The van der Waals surface area contributed by atoms with Gasteiger partial charge in [-0.15, -0.1) is 0 Å². The van der Waals surface area contributed by atoms with Crippen molar-refractivity contribution in [3.05, 3.63) is 0 Å². The fourth-order valence-corrected chi connectivity index (χ4v) is 5.14. The molecule has 3 atom stereocenters. The summed E-state index contributed by atoms with van der Waals surface area (Å²) in [4.78, 5) is 0. The quantitative estimate of drug-likeness (QED) is 0.733. The first kappa shape index (κ1) is 17.9. The van der Waals surface area contributed by atoms with E-state index in [2.05, 4.69) is 20.8 Å². The van der Waals surface area contributed by atoms with Crippen LogP contribution in [0.25, 0.3) is 0 Å². The van der Waals surface area contributed by atoms with Crippen molar-refractivity contribution in [2.75, 3.05) is 19.5 Å². The van der Waals surface area contributed by atoms with E-state index < -0.39 is 9.84 Å². The molecule has 0 bridgehead atoms. The average molecular weight is 305 g/mol. The summed E-state index contributed by atoms with van der Waals surface area (Å²) < 4.78 is 29.9. The molecule has 1 aliphatic rings. The van der Waals surface area contributed by atoms with E-state index in [0.717, 1.165) is 25.7 Å². The van der Waals surface area contributed by atoms with Crippen molar-refractivity contribution in [1.29, 1.82) is 0 Å². The third-order valence-electron chi connectivity index (χ3n) is 5.10. The summed E-state index contributed by atoms with van der Waals surface area (Å²) in [5.74, 6) is 0.646. The molecule has 0 saturated heterocycles. The molecule has 1 fully saturated rings. The van der Waals surface area contributed by atoms with Gasteiger partial charge in [0.1, 0.15) is 0 Å². The third kappa shape index (κ3) is 4.43. The Morgan fingerprint density at radius 1 is 1.30 bits per heavy atom. The molecule has 120 valence electrons. The molecule has 0 radical (unpaired) electrons. The second kappa shape index (κ2) is 7.23. The lowest BCUT2D eigenvalue weighted by Gasteiger charge is -2.41. The van der Waals surface area contributed by atoms with E-state index in [1.165, 1.54) is 0 Å². The smallest absolute Gasteiger partial charge is 0.154 e. The summed E-state index contributed by atoms with van der Waals surface area (Å²) in [6, 6.07) is -0.202. The van der Waals surface area contributed by atoms with E-state index in [1.54, 1.807) is 7.11 Å². The SMILES string of the molecule is CCC(C)(C)C1CCC(N)C(S(=O)(=O)CCCOC)C1. The average Bonchev–Trinajstić information content (AvgIpc) is 2.39. The summed E-state index contributed by atoms with van der Waals surface area (Å²) >= 11 is 0. The Labute approximate surface area is 124 Å². The van der Waals surface area contributed by atoms with Gasteiger partial charge in [0, 0.05) is 19.8 Å². The minimum atomic E-state index is -3.11. The van der Waals surface area contributed by atoms with Crippen molar-refractivity contribution in [2.45, 2.75) is 64.2 Å². The summed E-state index contributed by atoms with van der Waals surface area (Å²) in [5, 5.41) is -0.371. The molecule has 1 saturated carbocycles. The fourth-order valence-electron chi connectivity index (χ4n) is 3.12. The molecule has 0 aliphatic heterocycles. The molecule has 4 nitrogen and oxygen atoms in total. The molecule has 5 heteroatoms. The maximum atomic E-state index is 12.5. The van der Waals surface area contributed by atoms with Gasteiger partial charge in [0.05, 0.1) is 11.0 Å². The third-order valence-corrected chi connectivity index (χ3v) is 7.42. The van der Waals surface area contributed by atoms with E-state index in [0.29, 0.717) is 18.9 Å². The Hall–Kier alpha value is -0.130. The van der Waals surface area contributed by atoms with Gasteiger partial charge in [0.15, 0.2) is 9.84 Å². The molecule has 0 aromatic heterocycles. The predicted molar refractivity (Wildman–Crippen MR) is 83.5 cm³/mol. The van der Waals surface area contributed by atoms with Gasteiger partial charge in [-0.1, -0.05) is 27.2 Å². The largest absolute Gasteiger partial charge is 0.385 e. The van der Waals surface area contributed by atoms with Crippen LogP contribution in [-0.2, 0) is 14.6 Å². The number of nitrogens with two attached hydrogens (primary N) is 1. The van der Waals surface area contributed by atoms with Crippen LogP contribution in [0.3, 0.4) is 0 Å². The molecule has 1 aliphatic carbocycles. The van der Waals surface area contributed by atoms with Gasteiger partial charge < -0.3 is 10.5 Å². The van der Waals surface area contributed by atoms with Gasteiger partial charge in [0.25, 0.3) is 0 Å². The van der Waals surface area contributed by atoms with Crippen molar-refractivity contribution < 1.29 is 13.2 Å². The van der Waals surface area contributed by atoms with Crippen LogP contribution in [-0.4, -0.2) is 39.2 Å². The van der Waals surface area contributed by atoms with Crippen LogP contribution in [0.2, 0.25) is 0 Å². The maximum absolute atomic E-state index is 12.5. The normalized spacial score (nSPS) is 28.6. The summed E-state index contributed by atoms with van der Waals surface area (Å²) in [6.07, 6.45) is 4.22. The van der Waals surface area contributed by atoms with E-state index in [1.807, 2.05) is 0 Å². The number of methoxy groups -OCH3 is 1. The van der Waals surface area contributed by atoms with Gasteiger partial charge in [-0.2, -0.15) is 0 Å². The molecule has 0 amide bonds. The van der Waals surface area contributed by atoms with Gasteiger partial charge in [-0.3, -0.25) is 0 Å². The van der Waals surface area contributed by atoms with Crippen LogP contribution in [0.5, 0.6) is 0 Å². The highest BCUT2D eigenvalue weighted by Crippen LogP contribution is 2.41.